The van der Waals surface area contributed by atoms with E-state index < -0.39 is 5.60 Å². The summed E-state index contributed by atoms with van der Waals surface area (Å²) in [5.74, 6) is 0.0313. The number of hydrogen-bond donors (Lipinski definition) is 0. The number of thiophene rings is 1. The monoisotopic (exact) mass is 455 g/mol. The number of carbonyl (C=O) groups excluding carboxylic acids is 1. The van der Waals surface area contributed by atoms with Crippen molar-refractivity contribution in [1.82, 2.24) is 24.5 Å². The van der Waals surface area contributed by atoms with Crippen molar-refractivity contribution in [3.63, 3.8) is 0 Å². The first-order valence-corrected chi connectivity index (χ1v) is 11.6. The molecule has 3 aromatic heterocycles. The molecule has 5 rings (SSSR count). The van der Waals surface area contributed by atoms with Crippen molar-refractivity contribution in [3.8, 4) is 5.69 Å². The maximum Gasteiger partial charge on any atom is 0.410 e. The molecule has 32 heavy (non-hydrogen) atoms. The molecule has 1 aliphatic heterocycles. The van der Waals surface area contributed by atoms with Gasteiger partial charge < -0.3 is 9.64 Å². The van der Waals surface area contributed by atoms with Crippen LogP contribution < -0.4 is 0 Å². The number of halogens is 1. The van der Waals surface area contributed by atoms with Gasteiger partial charge in [0.05, 0.1) is 22.1 Å². The van der Waals surface area contributed by atoms with Crippen LogP contribution in [0.2, 0.25) is 0 Å². The van der Waals surface area contributed by atoms with Crippen LogP contribution in [0.4, 0.5) is 9.18 Å². The van der Waals surface area contributed by atoms with Crippen molar-refractivity contribution in [3.05, 3.63) is 41.3 Å². The van der Waals surface area contributed by atoms with E-state index >= 15 is 0 Å². The molecule has 4 heterocycles. The van der Waals surface area contributed by atoms with Gasteiger partial charge in [-0.15, -0.1) is 11.3 Å². The summed E-state index contributed by atoms with van der Waals surface area (Å²) < 4.78 is 24.6. The zero-order valence-electron chi connectivity index (χ0n) is 18.6. The summed E-state index contributed by atoms with van der Waals surface area (Å²) in [6, 6.07) is 5.55. The lowest BCUT2D eigenvalue weighted by Crippen LogP contribution is -2.41. The molecule has 0 atom stereocenters. The Morgan fingerprint density at radius 3 is 2.69 bits per heavy atom. The molecule has 0 radical (unpaired) electrons. The molecule has 1 aliphatic rings. The van der Waals surface area contributed by atoms with Gasteiger partial charge in [-0.2, -0.15) is 10.2 Å². The number of likely N-dealkylation sites (tertiary alicyclic amines) is 1. The summed E-state index contributed by atoms with van der Waals surface area (Å²) in [5.41, 5.74) is 1.54. The molecule has 1 fully saturated rings. The maximum atomic E-state index is 14.6. The number of aryl methyl sites for hydroxylation is 1. The number of nitrogens with zero attached hydrogens (tertiary/aromatic N) is 5. The number of amides is 1. The van der Waals surface area contributed by atoms with Gasteiger partial charge >= 0.3 is 6.09 Å². The van der Waals surface area contributed by atoms with Gasteiger partial charge in [0.2, 0.25) is 0 Å². The van der Waals surface area contributed by atoms with Crippen molar-refractivity contribution >= 4 is 38.5 Å². The van der Waals surface area contributed by atoms with E-state index in [1.54, 1.807) is 38.8 Å². The first kappa shape index (κ1) is 20.9. The molecule has 0 N–H and O–H groups in total. The lowest BCUT2D eigenvalue weighted by atomic mass is 9.95. The van der Waals surface area contributed by atoms with Crippen molar-refractivity contribution in [2.45, 2.75) is 45.1 Å². The number of rotatable bonds is 2. The summed E-state index contributed by atoms with van der Waals surface area (Å²) in [4.78, 5) is 15.4. The largest absolute Gasteiger partial charge is 0.444 e. The summed E-state index contributed by atoms with van der Waals surface area (Å²) in [5, 5.41) is 9.42. The number of fused-ring (bicyclic) bond motifs is 2. The van der Waals surface area contributed by atoms with E-state index in [0.717, 1.165) is 28.4 Å². The SMILES string of the molecule is Cn1cc2cc(-n3ncc4sc(C5CCN(C(=O)OC(C)(C)C)CC5)cc43)cc(F)c2n1. The Hall–Kier alpha value is -2.94. The van der Waals surface area contributed by atoms with E-state index in [0.29, 0.717) is 30.2 Å². The lowest BCUT2D eigenvalue weighted by Gasteiger charge is -2.33. The number of carbonyl (C=O) groups is 1. The Kier molecular flexibility index (Phi) is 4.96. The predicted octanol–water partition coefficient (Wildman–Crippen LogP) is 5.23. The summed E-state index contributed by atoms with van der Waals surface area (Å²) in [6.07, 6.45) is 5.19. The molecule has 7 nitrogen and oxygen atoms in total. The Morgan fingerprint density at radius 2 is 1.97 bits per heavy atom. The van der Waals surface area contributed by atoms with Gasteiger partial charge in [-0.05, 0) is 51.7 Å². The van der Waals surface area contributed by atoms with Crippen LogP contribution in [0.5, 0.6) is 0 Å². The van der Waals surface area contributed by atoms with Crippen LogP contribution in [0.3, 0.4) is 0 Å². The van der Waals surface area contributed by atoms with Crippen molar-refractivity contribution in [2.24, 2.45) is 7.05 Å². The third-order valence-electron chi connectivity index (χ3n) is 5.73. The lowest BCUT2D eigenvalue weighted by molar-refractivity contribution is 0.0205. The second-order valence-corrected chi connectivity index (χ2v) is 10.5. The Morgan fingerprint density at radius 1 is 1.22 bits per heavy atom. The van der Waals surface area contributed by atoms with E-state index in [2.05, 4.69) is 16.3 Å². The Bertz CT molecular complexity index is 1310. The predicted molar refractivity (Wildman–Crippen MR) is 123 cm³/mol. The Labute approximate surface area is 189 Å². The zero-order chi connectivity index (χ0) is 22.6. The van der Waals surface area contributed by atoms with Gasteiger partial charge in [-0.25, -0.2) is 13.9 Å². The fraction of sp³-hybridized carbons (Fsp3) is 0.435. The second-order valence-electron chi connectivity index (χ2n) is 9.36. The number of benzene rings is 1. The average molecular weight is 456 g/mol. The van der Waals surface area contributed by atoms with Gasteiger partial charge in [-0.1, -0.05) is 0 Å². The van der Waals surface area contributed by atoms with Gasteiger partial charge in [0, 0.05) is 42.7 Å². The van der Waals surface area contributed by atoms with Crippen LogP contribution in [0.1, 0.15) is 44.4 Å². The van der Waals surface area contributed by atoms with Crippen LogP contribution in [0, 0.1) is 5.82 Å². The number of hydrogen-bond acceptors (Lipinski definition) is 5. The summed E-state index contributed by atoms with van der Waals surface area (Å²) >= 11 is 1.72. The first-order chi connectivity index (χ1) is 15.2. The molecule has 0 aliphatic carbocycles. The number of ether oxygens (including phenoxy) is 1. The molecule has 1 aromatic carbocycles. The molecule has 1 saturated heterocycles. The minimum Gasteiger partial charge on any atom is -0.444 e. The van der Waals surface area contributed by atoms with E-state index in [1.165, 1.54) is 10.9 Å². The fourth-order valence-corrected chi connectivity index (χ4v) is 5.42. The highest BCUT2D eigenvalue weighted by Gasteiger charge is 2.28. The van der Waals surface area contributed by atoms with Crippen molar-refractivity contribution in [2.75, 3.05) is 13.1 Å². The molecule has 0 unspecified atom stereocenters. The third kappa shape index (κ3) is 3.85. The average Bonchev–Trinajstić information content (AvgIpc) is 3.40. The van der Waals surface area contributed by atoms with Gasteiger partial charge in [-0.3, -0.25) is 4.68 Å². The van der Waals surface area contributed by atoms with E-state index in [1.807, 2.05) is 33.0 Å². The number of aromatic nitrogens is 4. The highest BCUT2D eigenvalue weighted by atomic mass is 32.1. The van der Waals surface area contributed by atoms with E-state index in [4.69, 9.17) is 4.74 Å². The van der Waals surface area contributed by atoms with E-state index in [9.17, 15) is 9.18 Å². The first-order valence-electron chi connectivity index (χ1n) is 10.8. The smallest absolute Gasteiger partial charge is 0.410 e. The van der Waals surface area contributed by atoms with Crippen LogP contribution >= 0.6 is 11.3 Å². The second kappa shape index (κ2) is 7.58. The Balaban J connectivity index is 1.37. The van der Waals surface area contributed by atoms with Gasteiger partial charge in [0.1, 0.15) is 11.1 Å². The molecule has 4 aromatic rings. The normalized spacial score (nSPS) is 15.7. The molecule has 1 amide bonds. The number of piperidine rings is 1. The van der Waals surface area contributed by atoms with Crippen LogP contribution in [-0.2, 0) is 11.8 Å². The topological polar surface area (TPSA) is 65.2 Å². The molecule has 9 heteroatoms. The fourth-order valence-electron chi connectivity index (χ4n) is 4.24. The summed E-state index contributed by atoms with van der Waals surface area (Å²) in [6.45, 7) is 7.02. The molecule has 0 bridgehead atoms. The minimum atomic E-state index is -0.483. The van der Waals surface area contributed by atoms with Gasteiger partial charge in [0.15, 0.2) is 5.82 Å². The molecular formula is C23H26FN5O2S. The quantitative estimate of drug-likeness (QED) is 0.415. The molecule has 168 valence electrons. The minimum absolute atomic E-state index is 0.240. The standard InChI is InChI=1S/C23H26FN5O2S/c1-23(2,3)31-22(30)28-7-5-14(6-8-28)19-11-18-20(32-19)12-25-29(18)16-9-15-13-27(4)26-21(15)17(24)10-16/h9-14H,5-8H2,1-4H3. The molecule has 0 saturated carbocycles. The molecule has 0 spiro atoms. The molecular weight excluding hydrogens is 429 g/mol. The van der Waals surface area contributed by atoms with Crippen LogP contribution in [0.15, 0.2) is 30.6 Å². The van der Waals surface area contributed by atoms with Gasteiger partial charge in [0.25, 0.3) is 0 Å². The van der Waals surface area contributed by atoms with Crippen molar-refractivity contribution < 1.29 is 13.9 Å². The third-order valence-corrected chi connectivity index (χ3v) is 6.95. The zero-order valence-corrected chi connectivity index (χ0v) is 19.4. The highest BCUT2D eigenvalue weighted by molar-refractivity contribution is 7.19. The highest BCUT2D eigenvalue weighted by Crippen LogP contribution is 2.37. The van der Waals surface area contributed by atoms with E-state index in [-0.39, 0.29) is 11.9 Å². The summed E-state index contributed by atoms with van der Waals surface area (Å²) in [7, 11) is 1.78. The maximum absolute atomic E-state index is 14.6. The van der Waals surface area contributed by atoms with Crippen LogP contribution in [0.25, 0.3) is 26.8 Å². The van der Waals surface area contributed by atoms with Crippen molar-refractivity contribution in [1.29, 1.82) is 0 Å². The van der Waals surface area contributed by atoms with Crippen LogP contribution in [-0.4, -0.2) is 49.2 Å².